The second kappa shape index (κ2) is 9.44. The van der Waals surface area contributed by atoms with Crippen LogP contribution in [0.5, 0.6) is 0 Å². The number of hydrogen-bond donors (Lipinski definition) is 1. The predicted octanol–water partition coefficient (Wildman–Crippen LogP) is 3.34. The zero-order valence-electron chi connectivity index (χ0n) is 16.6. The maximum Gasteiger partial charge on any atom is 0.284 e. The fourth-order valence-electron chi connectivity index (χ4n) is 2.79. The molecule has 1 fully saturated rings. The standard InChI is InChI=1S/C21H20FN3O4S2/c1-3-12-25-20(27)18(13-19(26)23-16-8-6-15(22)7-9-16)30-21(25)24-31(28,29)17-10-4-14(2)5-11-17/h3-11,18H,1,12-13H2,2H3,(H,23,26)/t18-/m1/s1. The van der Waals surface area contributed by atoms with E-state index in [1.165, 1.54) is 47.4 Å². The fraction of sp³-hybridized carbons (Fsp3) is 0.190. The summed E-state index contributed by atoms with van der Waals surface area (Å²) in [6.07, 6.45) is 1.26. The molecule has 2 aromatic rings. The molecule has 0 spiro atoms. The number of aryl methyl sites for hydroxylation is 1. The zero-order valence-corrected chi connectivity index (χ0v) is 18.2. The van der Waals surface area contributed by atoms with Crippen molar-refractivity contribution in [3.8, 4) is 0 Å². The lowest BCUT2D eigenvalue weighted by Gasteiger charge is -2.13. The first kappa shape index (κ1) is 22.7. The molecule has 2 aromatic carbocycles. The third-order valence-corrected chi connectivity index (χ3v) is 6.92. The van der Waals surface area contributed by atoms with Crippen LogP contribution in [-0.4, -0.2) is 42.1 Å². The van der Waals surface area contributed by atoms with Gasteiger partial charge in [-0.05, 0) is 43.3 Å². The molecule has 1 N–H and O–H groups in total. The summed E-state index contributed by atoms with van der Waals surface area (Å²) in [4.78, 5) is 26.3. The van der Waals surface area contributed by atoms with E-state index in [4.69, 9.17) is 0 Å². The Morgan fingerprint density at radius 1 is 1.23 bits per heavy atom. The molecule has 1 aliphatic rings. The lowest BCUT2D eigenvalue weighted by atomic mass is 10.2. The Morgan fingerprint density at radius 3 is 2.48 bits per heavy atom. The number of carbonyl (C=O) groups excluding carboxylic acids is 2. The van der Waals surface area contributed by atoms with Crippen molar-refractivity contribution in [3.05, 3.63) is 72.6 Å². The van der Waals surface area contributed by atoms with Crippen LogP contribution in [0, 0.1) is 12.7 Å². The Kier molecular flexibility index (Phi) is 6.91. The van der Waals surface area contributed by atoms with E-state index in [1.807, 2.05) is 6.92 Å². The van der Waals surface area contributed by atoms with Gasteiger partial charge < -0.3 is 5.32 Å². The number of thioether (sulfide) groups is 1. The normalized spacial score (nSPS) is 17.7. The summed E-state index contributed by atoms with van der Waals surface area (Å²) in [5.41, 5.74) is 1.29. The number of nitrogens with one attached hydrogen (secondary N) is 1. The average Bonchev–Trinajstić information content (AvgIpc) is 2.98. The van der Waals surface area contributed by atoms with Crippen molar-refractivity contribution in [1.29, 1.82) is 0 Å². The van der Waals surface area contributed by atoms with E-state index in [0.717, 1.165) is 17.3 Å². The van der Waals surface area contributed by atoms with Crippen molar-refractivity contribution < 1.29 is 22.4 Å². The van der Waals surface area contributed by atoms with E-state index in [0.29, 0.717) is 5.69 Å². The number of sulfonamides is 1. The van der Waals surface area contributed by atoms with Gasteiger partial charge >= 0.3 is 0 Å². The Morgan fingerprint density at radius 2 is 1.87 bits per heavy atom. The minimum Gasteiger partial charge on any atom is -0.326 e. The van der Waals surface area contributed by atoms with Crippen molar-refractivity contribution in [1.82, 2.24) is 4.90 Å². The number of carbonyl (C=O) groups is 2. The van der Waals surface area contributed by atoms with Crippen LogP contribution >= 0.6 is 11.8 Å². The summed E-state index contributed by atoms with van der Waals surface area (Å²) in [6, 6.07) is 11.4. The summed E-state index contributed by atoms with van der Waals surface area (Å²) in [5.74, 6) is -1.33. The van der Waals surface area contributed by atoms with Gasteiger partial charge in [0.2, 0.25) is 11.8 Å². The number of amides is 2. The smallest absolute Gasteiger partial charge is 0.284 e. The van der Waals surface area contributed by atoms with Crippen LogP contribution in [0.3, 0.4) is 0 Å². The number of hydrogen-bond acceptors (Lipinski definition) is 5. The van der Waals surface area contributed by atoms with Gasteiger partial charge in [0.1, 0.15) is 11.1 Å². The van der Waals surface area contributed by atoms with Crippen LogP contribution in [0.25, 0.3) is 0 Å². The first-order valence-electron chi connectivity index (χ1n) is 9.25. The summed E-state index contributed by atoms with van der Waals surface area (Å²) in [7, 11) is -4.04. The lowest BCUT2D eigenvalue weighted by molar-refractivity contribution is -0.127. The first-order chi connectivity index (χ1) is 14.7. The first-order valence-corrected chi connectivity index (χ1v) is 11.6. The molecule has 10 heteroatoms. The van der Waals surface area contributed by atoms with E-state index in [-0.39, 0.29) is 23.0 Å². The van der Waals surface area contributed by atoms with Gasteiger partial charge in [-0.3, -0.25) is 14.5 Å². The molecule has 1 saturated heterocycles. The molecule has 1 aliphatic heterocycles. The molecule has 1 atom stereocenters. The van der Waals surface area contributed by atoms with Gasteiger partial charge in [-0.25, -0.2) is 4.39 Å². The highest BCUT2D eigenvalue weighted by atomic mass is 32.2. The molecule has 3 rings (SSSR count). The summed E-state index contributed by atoms with van der Waals surface area (Å²) in [5, 5.41) is 1.74. The molecular formula is C21H20FN3O4S2. The molecular weight excluding hydrogens is 441 g/mol. The molecule has 0 bridgehead atoms. The van der Waals surface area contributed by atoms with Crippen molar-refractivity contribution >= 4 is 44.5 Å². The number of rotatable bonds is 7. The Hall–Kier alpha value is -2.98. The molecule has 31 heavy (non-hydrogen) atoms. The van der Waals surface area contributed by atoms with E-state index < -0.39 is 32.9 Å². The predicted molar refractivity (Wildman–Crippen MR) is 119 cm³/mol. The van der Waals surface area contributed by atoms with Gasteiger partial charge in [-0.1, -0.05) is 35.5 Å². The van der Waals surface area contributed by atoms with Crippen molar-refractivity contribution in [2.45, 2.75) is 23.5 Å². The molecule has 0 radical (unpaired) electrons. The van der Waals surface area contributed by atoms with Crippen LogP contribution in [0.1, 0.15) is 12.0 Å². The summed E-state index contributed by atoms with van der Waals surface area (Å²) in [6.45, 7) is 5.48. The van der Waals surface area contributed by atoms with Crippen molar-refractivity contribution in [2.75, 3.05) is 11.9 Å². The van der Waals surface area contributed by atoms with E-state index in [1.54, 1.807) is 12.1 Å². The number of amidine groups is 1. The molecule has 0 unspecified atom stereocenters. The molecule has 162 valence electrons. The Labute approximate surface area is 184 Å². The van der Waals surface area contributed by atoms with Crippen LogP contribution < -0.4 is 5.32 Å². The molecule has 0 aromatic heterocycles. The SMILES string of the molecule is C=CCN1C(=O)[C@@H](CC(=O)Nc2ccc(F)cc2)SC1=NS(=O)(=O)c1ccc(C)cc1. The summed E-state index contributed by atoms with van der Waals surface area (Å²) >= 11 is 0.911. The molecule has 0 saturated carbocycles. The van der Waals surface area contributed by atoms with Gasteiger partial charge in [0.25, 0.3) is 10.0 Å². The van der Waals surface area contributed by atoms with Gasteiger partial charge in [-0.2, -0.15) is 8.42 Å². The Bertz CT molecular complexity index is 1130. The fourth-order valence-corrected chi connectivity index (χ4v) is 5.15. The highest BCUT2D eigenvalue weighted by Gasteiger charge is 2.39. The minimum atomic E-state index is -4.04. The number of anilines is 1. The summed E-state index contributed by atoms with van der Waals surface area (Å²) < 4.78 is 42.2. The van der Waals surface area contributed by atoms with Gasteiger partial charge in [0.05, 0.1) is 4.90 Å². The quantitative estimate of drug-likeness (QED) is 0.638. The highest BCUT2D eigenvalue weighted by Crippen LogP contribution is 2.31. The van der Waals surface area contributed by atoms with Crippen molar-refractivity contribution in [2.24, 2.45) is 4.40 Å². The molecule has 1 heterocycles. The monoisotopic (exact) mass is 461 g/mol. The largest absolute Gasteiger partial charge is 0.326 e. The molecule has 7 nitrogen and oxygen atoms in total. The average molecular weight is 462 g/mol. The van der Waals surface area contributed by atoms with E-state index in [2.05, 4.69) is 16.3 Å². The second-order valence-electron chi connectivity index (χ2n) is 6.77. The van der Waals surface area contributed by atoms with E-state index >= 15 is 0 Å². The van der Waals surface area contributed by atoms with Crippen LogP contribution in [-0.2, 0) is 19.6 Å². The number of benzene rings is 2. The van der Waals surface area contributed by atoms with E-state index in [9.17, 15) is 22.4 Å². The maximum atomic E-state index is 13.0. The number of halogens is 1. The minimum absolute atomic E-state index is 0.00899. The molecule has 2 amide bonds. The van der Waals surface area contributed by atoms with Crippen molar-refractivity contribution in [3.63, 3.8) is 0 Å². The van der Waals surface area contributed by atoms with Crippen LogP contribution in [0.4, 0.5) is 10.1 Å². The second-order valence-corrected chi connectivity index (χ2v) is 9.54. The zero-order chi connectivity index (χ0) is 22.6. The lowest BCUT2D eigenvalue weighted by Crippen LogP contribution is -2.33. The van der Waals surface area contributed by atoms with Gasteiger partial charge in [0, 0.05) is 18.7 Å². The molecule has 0 aliphatic carbocycles. The third-order valence-electron chi connectivity index (χ3n) is 4.35. The number of nitrogens with zero attached hydrogens (tertiary/aromatic N) is 2. The van der Waals surface area contributed by atoms with Crippen LogP contribution in [0.15, 0.2) is 70.5 Å². The van der Waals surface area contributed by atoms with Gasteiger partial charge in [-0.15, -0.1) is 11.0 Å². The topological polar surface area (TPSA) is 95.9 Å². The maximum absolute atomic E-state index is 13.0. The highest BCUT2D eigenvalue weighted by molar-refractivity contribution is 8.16. The van der Waals surface area contributed by atoms with Crippen LogP contribution in [0.2, 0.25) is 0 Å². The Balaban J connectivity index is 1.78. The van der Waals surface area contributed by atoms with Gasteiger partial charge in [0.15, 0.2) is 5.17 Å². The third kappa shape index (κ3) is 5.59.